The maximum atomic E-state index is 11.9. The zero-order valence-electron chi connectivity index (χ0n) is 11.1. The normalized spacial score (nSPS) is 14.6. The number of fused-ring (bicyclic) bond motifs is 1. The van der Waals surface area contributed by atoms with Crippen LogP contribution in [0.3, 0.4) is 0 Å². The number of nitrogens with two attached hydrogens (primary N) is 1. The van der Waals surface area contributed by atoms with Crippen molar-refractivity contribution in [2.75, 3.05) is 23.8 Å². The second-order valence-corrected chi connectivity index (χ2v) is 5.31. The van der Waals surface area contributed by atoms with Crippen LogP contribution in [-0.4, -0.2) is 19.1 Å². The summed E-state index contributed by atoms with van der Waals surface area (Å²) in [6, 6.07) is 7.47. The second kappa shape index (κ2) is 4.81. The summed E-state index contributed by atoms with van der Waals surface area (Å²) < 4.78 is 5.37. The van der Waals surface area contributed by atoms with Crippen molar-refractivity contribution in [3.05, 3.63) is 18.2 Å². The lowest BCUT2D eigenvalue weighted by Crippen LogP contribution is -2.40. The molecule has 0 spiro atoms. The summed E-state index contributed by atoms with van der Waals surface area (Å²) in [5.74, 6) is 0.528. The van der Waals surface area contributed by atoms with Crippen molar-refractivity contribution in [1.29, 1.82) is 5.26 Å². The Morgan fingerprint density at radius 2 is 2.26 bits per heavy atom. The highest BCUT2D eigenvalue weighted by Crippen LogP contribution is 2.34. The van der Waals surface area contributed by atoms with Crippen molar-refractivity contribution in [3.8, 4) is 11.8 Å². The Balaban J connectivity index is 2.22. The van der Waals surface area contributed by atoms with Crippen LogP contribution in [0.2, 0.25) is 0 Å². The molecule has 1 heterocycles. The van der Waals surface area contributed by atoms with E-state index in [0.29, 0.717) is 24.4 Å². The highest BCUT2D eigenvalue weighted by molar-refractivity contribution is 5.98. The molecule has 0 saturated heterocycles. The molecule has 19 heavy (non-hydrogen) atoms. The molecule has 0 aliphatic carbocycles. The lowest BCUT2D eigenvalue weighted by Gasteiger charge is -2.31. The molecule has 0 saturated carbocycles. The molecule has 0 bridgehead atoms. The molecule has 0 fully saturated rings. The average molecular weight is 259 g/mol. The Hall–Kier alpha value is -2.22. The minimum Gasteiger partial charge on any atom is -0.481 e. The molecule has 5 nitrogen and oxygen atoms in total. The average Bonchev–Trinajstić information content (AvgIpc) is 2.38. The summed E-state index contributed by atoms with van der Waals surface area (Å²) in [6.45, 7) is 4.24. The van der Waals surface area contributed by atoms with Gasteiger partial charge in [-0.25, -0.2) is 0 Å². The van der Waals surface area contributed by atoms with Gasteiger partial charge < -0.3 is 15.4 Å². The van der Waals surface area contributed by atoms with E-state index < -0.39 is 5.41 Å². The van der Waals surface area contributed by atoms with Gasteiger partial charge in [0.1, 0.15) is 5.75 Å². The van der Waals surface area contributed by atoms with E-state index in [1.165, 1.54) is 0 Å². The quantitative estimate of drug-likeness (QED) is 0.841. The van der Waals surface area contributed by atoms with Crippen molar-refractivity contribution in [1.82, 2.24) is 0 Å². The van der Waals surface area contributed by atoms with Gasteiger partial charge in [0.25, 0.3) is 5.91 Å². The highest BCUT2D eigenvalue weighted by atomic mass is 16.5. The van der Waals surface area contributed by atoms with E-state index in [4.69, 9.17) is 15.7 Å². The largest absolute Gasteiger partial charge is 0.481 e. The minimum atomic E-state index is -0.452. The predicted molar refractivity (Wildman–Crippen MR) is 72.7 cm³/mol. The molecule has 1 aliphatic heterocycles. The van der Waals surface area contributed by atoms with Crippen LogP contribution in [0.1, 0.15) is 20.3 Å². The maximum absolute atomic E-state index is 11.9. The molecule has 0 atom stereocenters. The van der Waals surface area contributed by atoms with Crippen LogP contribution in [0.5, 0.6) is 5.75 Å². The summed E-state index contributed by atoms with van der Waals surface area (Å²) in [6.07, 6.45) is 0.610. The first-order valence-electron chi connectivity index (χ1n) is 6.17. The Labute approximate surface area is 112 Å². The number of carbonyl (C=O) groups excluding carboxylic acids is 1. The fourth-order valence-electron chi connectivity index (χ4n) is 1.91. The molecular formula is C14H17N3O2. The Morgan fingerprint density at radius 1 is 1.53 bits per heavy atom. The number of carbonyl (C=O) groups is 1. The van der Waals surface area contributed by atoms with Gasteiger partial charge in [-0.2, -0.15) is 5.26 Å². The van der Waals surface area contributed by atoms with Crippen LogP contribution in [0, 0.1) is 16.7 Å². The molecule has 0 radical (unpaired) electrons. The Morgan fingerprint density at radius 3 is 2.95 bits per heavy atom. The molecule has 1 aliphatic rings. The molecule has 5 heteroatoms. The molecule has 100 valence electrons. The number of hydrogen-bond donors (Lipinski definition) is 1. The van der Waals surface area contributed by atoms with Crippen molar-refractivity contribution < 1.29 is 9.53 Å². The van der Waals surface area contributed by atoms with Gasteiger partial charge in [-0.05, 0) is 32.4 Å². The highest BCUT2D eigenvalue weighted by Gasteiger charge is 2.27. The lowest BCUT2D eigenvalue weighted by molar-refractivity contribution is -0.121. The Kier molecular flexibility index (Phi) is 3.34. The van der Waals surface area contributed by atoms with Crippen molar-refractivity contribution >= 4 is 17.3 Å². The van der Waals surface area contributed by atoms with E-state index >= 15 is 0 Å². The second-order valence-electron chi connectivity index (χ2n) is 5.31. The number of nitriles is 1. The number of amides is 1. The zero-order chi connectivity index (χ0) is 14.0. The summed E-state index contributed by atoms with van der Waals surface area (Å²) in [4.78, 5) is 13.6. The lowest BCUT2D eigenvalue weighted by atomic mass is 9.91. The van der Waals surface area contributed by atoms with Gasteiger partial charge in [0, 0.05) is 18.3 Å². The van der Waals surface area contributed by atoms with Crippen LogP contribution in [0.4, 0.5) is 11.4 Å². The van der Waals surface area contributed by atoms with Gasteiger partial charge >= 0.3 is 0 Å². The first-order valence-corrected chi connectivity index (χ1v) is 6.17. The van der Waals surface area contributed by atoms with Gasteiger partial charge in [-0.1, -0.05) is 0 Å². The fourth-order valence-corrected chi connectivity index (χ4v) is 1.91. The third-order valence-corrected chi connectivity index (χ3v) is 3.19. The SMILES string of the molecule is CC(C)(C#N)CCN1C(=O)COc2cc(N)ccc21. The molecule has 1 aromatic carbocycles. The summed E-state index contributed by atoms with van der Waals surface area (Å²) in [7, 11) is 0. The number of nitrogens with zero attached hydrogens (tertiary/aromatic N) is 2. The fraction of sp³-hybridized carbons (Fsp3) is 0.429. The van der Waals surface area contributed by atoms with Crippen molar-refractivity contribution in [2.45, 2.75) is 20.3 Å². The molecule has 1 amide bonds. The third kappa shape index (κ3) is 2.79. The molecular weight excluding hydrogens is 242 g/mol. The number of hydrogen-bond acceptors (Lipinski definition) is 4. The van der Waals surface area contributed by atoms with Crippen LogP contribution in [0.15, 0.2) is 18.2 Å². The number of rotatable bonds is 3. The maximum Gasteiger partial charge on any atom is 0.265 e. The molecule has 2 rings (SSSR count). The monoisotopic (exact) mass is 259 g/mol. The summed E-state index contributed by atoms with van der Waals surface area (Å²) >= 11 is 0. The minimum absolute atomic E-state index is 0.0173. The number of nitrogen functional groups attached to an aromatic ring is 1. The van der Waals surface area contributed by atoms with Gasteiger partial charge in [0.05, 0.1) is 17.2 Å². The first kappa shape index (κ1) is 13.2. The van der Waals surface area contributed by atoms with E-state index in [1.54, 1.807) is 23.1 Å². The summed E-state index contributed by atoms with van der Waals surface area (Å²) in [5.41, 5.74) is 6.57. The van der Waals surface area contributed by atoms with Crippen molar-refractivity contribution in [3.63, 3.8) is 0 Å². The van der Waals surface area contributed by atoms with Crippen molar-refractivity contribution in [2.24, 2.45) is 5.41 Å². The van der Waals surface area contributed by atoms with Crippen LogP contribution in [0.25, 0.3) is 0 Å². The topological polar surface area (TPSA) is 79.3 Å². The van der Waals surface area contributed by atoms with E-state index in [1.807, 2.05) is 13.8 Å². The van der Waals surface area contributed by atoms with Gasteiger partial charge in [0.15, 0.2) is 6.61 Å². The van der Waals surface area contributed by atoms with E-state index in [-0.39, 0.29) is 12.5 Å². The van der Waals surface area contributed by atoms with Crippen LogP contribution < -0.4 is 15.4 Å². The smallest absolute Gasteiger partial charge is 0.265 e. The van der Waals surface area contributed by atoms with Crippen LogP contribution >= 0.6 is 0 Å². The van der Waals surface area contributed by atoms with E-state index in [0.717, 1.165) is 5.69 Å². The van der Waals surface area contributed by atoms with E-state index in [9.17, 15) is 4.79 Å². The molecule has 0 unspecified atom stereocenters. The summed E-state index contributed by atoms with van der Waals surface area (Å²) in [5, 5.41) is 9.03. The third-order valence-electron chi connectivity index (χ3n) is 3.19. The predicted octanol–water partition coefficient (Wildman–Crippen LogP) is 1.93. The van der Waals surface area contributed by atoms with E-state index in [2.05, 4.69) is 6.07 Å². The van der Waals surface area contributed by atoms with Crippen LogP contribution in [-0.2, 0) is 4.79 Å². The first-order chi connectivity index (χ1) is 8.93. The zero-order valence-corrected chi connectivity index (χ0v) is 11.1. The number of anilines is 2. The molecule has 0 aromatic heterocycles. The van der Waals surface area contributed by atoms with Gasteiger partial charge in [-0.3, -0.25) is 4.79 Å². The van der Waals surface area contributed by atoms with Gasteiger partial charge in [-0.15, -0.1) is 0 Å². The number of ether oxygens (including phenoxy) is 1. The number of benzene rings is 1. The van der Waals surface area contributed by atoms with Gasteiger partial charge in [0.2, 0.25) is 0 Å². The molecule has 1 aromatic rings. The molecule has 2 N–H and O–H groups in total. The Bertz CT molecular complexity index is 546. The standard InChI is InChI=1S/C14H17N3O2/c1-14(2,9-15)5-6-17-11-4-3-10(16)7-12(11)19-8-13(17)18/h3-4,7H,5-6,8,16H2,1-2H3.